The van der Waals surface area contributed by atoms with Crippen LogP contribution in [0.4, 0.5) is 0 Å². The Labute approximate surface area is 196 Å². The summed E-state index contributed by atoms with van der Waals surface area (Å²) in [6, 6.07) is 10.5. The molecule has 3 aromatic heterocycles. The molecule has 2 fully saturated rings. The Balaban J connectivity index is 1.43. The van der Waals surface area contributed by atoms with Crippen molar-refractivity contribution in [3.05, 3.63) is 65.2 Å². The van der Waals surface area contributed by atoms with Gasteiger partial charge in [0.25, 0.3) is 10.0 Å². The van der Waals surface area contributed by atoms with Gasteiger partial charge >= 0.3 is 0 Å². The van der Waals surface area contributed by atoms with E-state index in [1.54, 1.807) is 42.0 Å². The molecule has 9 heteroatoms. The molecule has 0 radical (unpaired) electrons. The predicted molar refractivity (Wildman–Crippen MR) is 126 cm³/mol. The van der Waals surface area contributed by atoms with Crippen molar-refractivity contribution in [2.24, 2.45) is 0 Å². The largest absolute Gasteiger partial charge is 0.348 e. The van der Waals surface area contributed by atoms with Gasteiger partial charge in [0, 0.05) is 41.6 Å². The van der Waals surface area contributed by atoms with Gasteiger partial charge in [-0.3, -0.25) is 0 Å². The van der Waals surface area contributed by atoms with E-state index >= 15 is 0 Å². The lowest BCUT2D eigenvalue weighted by Crippen LogP contribution is -2.34. The fourth-order valence-corrected chi connectivity index (χ4v) is 6.83. The number of fused-ring (bicyclic) bond motifs is 1. The summed E-state index contributed by atoms with van der Waals surface area (Å²) in [6.07, 6.45) is 7.08. The fourth-order valence-electron chi connectivity index (χ4n) is 4.93. The molecule has 2 aliphatic rings. The lowest BCUT2D eigenvalue weighted by molar-refractivity contribution is -0.178. The topological polar surface area (TPSA) is 83.3 Å². The number of thiazole rings is 1. The first-order valence-corrected chi connectivity index (χ1v) is 13.4. The Hall–Kier alpha value is -2.59. The van der Waals surface area contributed by atoms with E-state index in [0.29, 0.717) is 24.8 Å². The van der Waals surface area contributed by atoms with Crippen LogP contribution >= 0.6 is 11.3 Å². The predicted octanol–water partition coefficient (Wildman–Crippen LogP) is 4.80. The van der Waals surface area contributed by atoms with E-state index in [1.807, 2.05) is 11.6 Å². The molecule has 0 N–H and O–H groups in total. The number of aromatic nitrogens is 3. The third-order valence-electron chi connectivity index (χ3n) is 6.67. The van der Waals surface area contributed by atoms with Gasteiger partial charge in [0.2, 0.25) is 0 Å². The second-order valence-corrected chi connectivity index (χ2v) is 11.1. The zero-order valence-electron chi connectivity index (χ0n) is 17.9. The normalized spacial score (nSPS) is 18.9. The molecule has 0 atom stereocenters. The van der Waals surface area contributed by atoms with Gasteiger partial charge in [-0.05, 0) is 42.5 Å². The van der Waals surface area contributed by atoms with Crippen molar-refractivity contribution < 1.29 is 17.9 Å². The highest BCUT2D eigenvalue weighted by Crippen LogP contribution is 2.43. The van der Waals surface area contributed by atoms with E-state index in [1.165, 1.54) is 15.3 Å². The second-order valence-electron chi connectivity index (χ2n) is 8.55. The highest BCUT2D eigenvalue weighted by molar-refractivity contribution is 7.90. The molecule has 1 saturated heterocycles. The summed E-state index contributed by atoms with van der Waals surface area (Å²) in [6.45, 7) is 1.33. The molecule has 33 heavy (non-hydrogen) atoms. The molecule has 0 amide bonds. The van der Waals surface area contributed by atoms with E-state index < -0.39 is 15.8 Å². The Bertz CT molecular complexity index is 1380. The lowest BCUT2D eigenvalue weighted by Gasteiger charge is -2.35. The summed E-state index contributed by atoms with van der Waals surface area (Å²) in [7, 11) is -3.79. The SMILES string of the molecule is O=S(=O)(c1ccccc1)n1cc(-c2cscn2)c2cc(C3CCC4(CC3)OCCO4)cnc21. The zero-order valence-corrected chi connectivity index (χ0v) is 19.5. The summed E-state index contributed by atoms with van der Waals surface area (Å²) in [5, 5.41) is 2.73. The molecule has 1 aromatic carbocycles. The van der Waals surface area contributed by atoms with Crippen LogP contribution in [0.3, 0.4) is 0 Å². The van der Waals surface area contributed by atoms with Crippen molar-refractivity contribution in [3.63, 3.8) is 0 Å². The molecule has 1 saturated carbocycles. The Morgan fingerprint density at radius 2 is 1.82 bits per heavy atom. The first-order chi connectivity index (χ1) is 16.1. The first-order valence-electron chi connectivity index (χ1n) is 11.0. The van der Waals surface area contributed by atoms with Crippen molar-refractivity contribution in [3.8, 4) is 11.3 Å². The summed E-state index contributed by atoms with van der Waals surface area (Å²) in [5.41, 5.74) is 4.81. The number of hydrogen-bond donors (Lipinski definition) is 0. The van der Waals surface area contributed by atoms with E-state index in [9.17, 15) is 8.42 Å². The number of benzene rings is 1. The highest BCUT2D eigenvalue weighted by Gasteiger charge is 2.40. The third kappa shape index (κ3) is 3.59. The first kappa shape index (κ1) is 21.0. The van der Waals surface area contributed by atoms with Gasteiger partial charge in [0.1, 0.15) is 0 Å². The molecule has 0 unspecified atom stereocenters. The number of ether oxygens (including phenoxy) is 2. The third-order valence-corrected chi connectivity index (χ3v) is 8.92. The Morgan fingerprint density at radius 3 is 2.52 bits per heavy atom. The average Bonchev–Trinajstić information content (AvgIpc) is 3.60. The van der Waals surface area contributed by atoms with E-state index in [2.05, 4.69) is 16.0 Å². The maximum atomic E-state index is 13.4. The Morgan fingerprint density at radius 1 is 1.06 bits per heavy atom. The molecule has 1 spiro atoms. The van der Waals surface area contributed by atoms with Crippen LogP contribution in [0.15, 0.2) is 64.6 Å². The summed E-state index contributed by atoms with van der Waals surface area (Å²) in [4.78, 5) is 9.34. The van der Waals surface area contributed by atoms with Crippen LogP contribution < -0.4 is 0 Å². The van der Waals surface area contributed by atoms with Crippen molar-refractivity contribution in [1.82, 2.24) is 13.9 Å². The Kier molecular flexibility index (Phi) is 5.10. The fraction of sp³-hybridized carbons (Fsp3) is 0.333. The standard InChI is InChI=1S/C24H23N3O4S2/c28-33(29,19-4-2-1-3-5-19)27-14-21(22-15-32-16-26-22)20-12-18(13-25-23(20)27)17-6-8-24(9-7-17)30-10-11-31-24/h1-5,12-17H,6-11H2. The average molecular weight is 482 g/mol. The molecule has 1 aliphatic heterocycles. The van der Waals surface area contributed by atoms with Crippen LogP contribution in [0.1, 0.15) is 37.2 Å². The van der Waals surface area contributed by atoms with E-state index in [-0.39, 0.29) is 4.90 Å². The van der Waals surface area contributed by atoms with Gasteiger partial charge in [-0.15, -0.1) is 11.3 Å². The van der Waals surface area contributed by atoms with Gasteiger partial charge in [-0.1, -0.05) is 18.2 Å². The quantitative estimate of drug-likeness (QED) is 0.416. The molecular weight excluding hydrogens is 458 g/mol. The van der Waals surface area contributed by atoms with Crippen molar-refractivity contribution in [1.29, 1.82) is 0 Å². The van der Waals surface area contributed by atoms with Crippen LogP contribution in [-0.2, 0) is 19.5 Å². The minimum atomic E-state index is -3.79. The van der Waals surface area contributed by atoms with Gasteiger partial charge in [0.15, 0.2) is 11.4 Å². The van der Waals surface area contributed by atoms with Gasteiger partial charge in [-0.2, -0.15) is 0 Å². The van der Waals surface area contributed by atoms with Crippen LogP contribution in [0.5, 0.6) is 0 Å². The summed E-state index contributed by atoms with van der Waals surface area (Å²) < 4.78 is 39.9. The minimum Gasteiger partial charge on any atom is -0.348 e. The van der Waals surface area contributed by atoms with Gasteiger partial charge in [-0.25, -0.2) is 22.4 Å². The molecule has 1 aliphatic carbocycles. The van der Waals surface area contributed by atoms with E-state index in [0.717, 1.165) is 47.9 Å². The molecule has 4 aromatic rings. The number of pyridine rings is 1. The molecule has 6 rings (SSSR count). The number of hydrogen-bond acceptors (Lipinski definition) is 7. The highest BCUT2D eigenvalue weighted by atomic mass is 32.2. The van der Waals surface area contributed by atoms with Crippen LogP contribution in [0.25, 0.3) is 22.3 Å². The van der Waals surface area contributed by atoms with Crippen LogP contribution in [-0.4, -0.2) is 41.4 Å². The smallest absolute Gasteiger partial charge is 0.269 e. The monoisotopic (exact) mass is 481 g/mol. The van der Waals surface area contributed by atoms with Crippen molar-refractivity contribution >= 4 is 32.4 Å². The maximum Gasteiger partial charge on any atom is 0.269 e. The zero-order chi connectivity index (χ0) is 22.5. The van der Waals surface area contributed by atoms with Gasteiger partial charge < -0.3 is 9.47 Å². The van der Waals surface area contributed by atoms with Crippen molar-refractivity contribution in [2.75, 3.05) is 13.2 Å². The molecule has 7 nitrogen and oxygen atoms in total. The van der Waals surface area contributed by atoms with E-state index in [4.69, 9.17) is 9.47 Å². The minimum absolute atomic E-state index is 0.228. The summed E-state index contributed by atoms with van der Waals surface area (Å²) >= 11 is 1.48. The maximum absolute atomic E-state index is 13.4. The number of nitrogens with zero attached hydrogens (tertiary/aromatic N) is 3. The molecule has 170 valence electrons. The van der Waals surface area contributed by atoms with Gasteiger partial charge in [0.05, 0.1) is 29.3 Å². The summed E-state index contributed by atoms with van der Waals surface area (Å²) in [5.74, 6) is -0.0786. The molecular formula is C24H23N3O4S2. The van der Waals surface area contributed by atoms with Crippen LogP contribution in [0, 0.1) is 0 Å². The van der Waals surface area contributed by atoms with Crippen molar-refractivity contribution in [2.45, 2.75) is 42.3 Å². The molecule has 4 heterocycles. The van der Waals surface area contributed by atoms with Crippen LogP contribution in [0.2, 0.25) is 0 Å². The second kappa shape index (κ2) is 8.02. The number of rotatable bonds is 4. The lowest BCUT2D eigenvalue weighted by atomic mass is 9.81. The molecule has 0 bridgehead atoms.